The molecule has 2 atom stereocenters. The minimum Gasteiger partial charge on any atom is -0.310 e. The number of benzene rings is 1. The van der Waals surface area contributed by atoms with E-state index in [1.165, 1.54) is 6.42 Å². The number of alkyl halides is 1. The Bertz CT molecular complexity index is 864. The van der Waals surface area contributed by atoms with Crippen molar-refractivity contribution in [2.24, 2.45) is 17.3 Å². The van der Waals surface area contributed by atoms with Gasteiger partial charge in [0.2, 0.25) is 5.91 Å². The van der Waals surface area contributed by atoms with Crippen molar-refractivity contribution in [2.45, 2.75) is 49.9 Å². The first kappa shape index (κ1) is 17.7. The fourth-order valence-corrected chi connectivity index (χ4v) is 6.95. The third kappa shape index (κ3) is 3.23. The van der Waals surface area contributed by atoms with E-state index in [4.69, 9.17) is 11.6 Å². The van der Waals surface area contributed by atoms with Crippen molar-refractivity contribution in [1.82, 2.24) is 9.78 Å². The van der Waals surface area contributed by atoms with E-state index in [0.717, 1.165) is 48.0 Å². The molecule has 4 bridgehead atoms. The van der Waals surface area contributed by atoms with E-state index >= 15 is 0 Å². The van der Waals surface area contributed by atoms with Gasteiger partial charge in [-0.15, -0.1) is 11.6 Å². The molecule has 6 rings (SSSR count). The van der Waals surface area contributed by atoms with Crippen molar-refractivity contribution in [3.05, 3.63) is 46.6 Å². The first-order valence-electron chi connectivity index (χ1n) is 9.70. The number of halogens is 2. The SMILES string of the molecule is O=C(Nc1ccnn1Cc1ccc(Br)cc1)C12C[C@H]3C[C@@H](CC(Cl)(C3)C1)C2. The van der Waals surface area contributed by atoms with Crippen LogP contribution in [-0.4, -0.2) is 20.6 Å². The van der Waals surface area contributed by atoms with E-state index in [9.17, 15) is 4.79 Å². The highest BCUT2D eigenvalue weighted by atomic mass is 79.9. The maximum Gasteiger partial charge on any atom is 0.231 e. The first-order valence-corrected chi connectivity index (χ1v) is 10.9. The molecule has 4 nitrogen and oxygen atoms in total. The standard InChI is InChI=1S/C21H23BrClN3O/c22-17-3-1-14(2-4-17)12-26-18(5-6-24-26)25-19(27)20-8-15-7-16(9-20)11-21(23,10-15)13-20/h1-6,15-16H,7-13H2,(H,25,27)/t15-,16-,20?,21?/m1/s1. The molecule has 6 heteroatoms. The maximum atomic E-state index is 13.3. The van der Waals surface area contributed by atoms with Crippen LogP contribution in [0.15, 0.2) is 41.0 Å². The highest BCUT2D eigenvalue weighted by Crippen LogP contribution is 2.64. The molecule has 1 aromatic heterocycles. The number of nitrogens with one attached hydrogen (secondary N) is 1. The summed E-state index contributed by atoms with van der Waals surface area (Å²) < 4.78 is 2.91. The van der Waals surface area contributed by atoms with Crippen molar-refractivity contribution in [2.75, 3.05) is 5.32 Å². The maximum absolute atomic E-state index is 13.3. The second-order valence-corrected chi connectivity index (χ2v) is 10.6. The van der Waals surface area contributed by atoms with Gasteiger partial charge in [0, 0.05) is 15.4 Å². The van der Waals surface area contributed by atoms with Crippen LogP contribution in [0.4, 0.5) is 5.82 Å². The number of hydrogen-bond donors (Lipinski definition) is 1. The summed E-state index contributed by atoms with van der Waals surface area (Å²) in [6.45, 7) is 0.633. The van der Waals surface area contributed by atoms with Gasteiger partial charge in [-0.1, -0.05) is 28.1 Å². The lowest BCUT2D eigenvalue weighted by molar-refractivity contribution is -0.138. The highest BCUT2D eigenvalue weighted by Gasteiger charge is 2.60. The van der Waals surface area contributed by atoms with Gasteiger partial charge in [-0.2, -0.15) is 5.10 Å². The monoisotopic (exact) mass is 447 g/mol. The minimum atomic E-state index is -0.293. The molecular weight excluding hydrogens is 426 g/mol. The van der Waals surface area contributed by atoms with Crippen LogP contribution in [0, 0.1) is 17.3 Å². The Morgan fingerprint density at radius 3 is 2.56 bits per heavy atom. The summed E-state index contributed by atoms with van der Waals surface area (Å²) in [4.78, 5) is 13.2. The Morgan fingerprint density at radius 1 is 1.19 bits per heavy atom. The zero-order valence-electron chi connectivity index (χ0n) is 15.1. The largest absolute Gasteiger partial charge is 0.310 e. The molecule has 1 N–H and O–H groups in total. The van der Waals surface area contributed by atoms with Gasteiger partial charge in [0.15, 0.2) is 0 Å². The molecule has 27 heavy (non-hydrogen) atoms. The van der Waals surface area contributed by atoms with Crippen molar-refractivity contribution in [3.63, 3.8) is 0 Å². The Morgan fingerprint density at radius 2 is 1.89 bits per heavy atom. The summed E-state index contributed by atoms with van der Waals surface area (Å²) in [6, 6.07) is 10.0. The van der Waals surface area contributed by atoms with Crippen LogP contribution < -0.4 is 5.32 Å². The summed E-state index contributed by atoms with van der Waals surface area (Å²) in [7, 11) is 0. The average molecular weight is 449 g/mol. The topological polar surface area (TPSA) is 46.9 Å². The Balaban J connectivity index is 1.35. The molecule has 0 spiro atoms. The van der Waals surface area contributed by atoms with E-state index in [-0.39, 0.29) is 16.2 Å². The molecule has 4 aliphatic rings. The first-order chi connectivity index (χ1) is 12.9. The number of hydrogen-bond acceptors (Lipinski definition) is 2. The number of anilines is 1. The van der Waals surface area contributed by atoms with Gasteiger partial charge in [-0.05, 0) is 68.1 Å². The number of aromatic nitrogens is 2. The zero-order valence-corrected chi connectivity index (χ0v) is 17.5. The van der Waals surface area contributed by atoms with E-state index in [1.807, 2.05) is 22.9 Å². The predicted octanol–water partition coefficient (Wildman–Crippen LogP) is 5.21. The summed E-state index contributed by atoms with van der Waals surface area (Å²) in [5.74, 6) is 2.13. The second-order valence-electron chi connectivity index (χ2n) is 8.85. The van der Waals surface area contributed by atoms with Crippen LogP contribution in [0.3, 0.4) is 0 Å². The van der Waals surface area contributed by atoms with Crippen LogP contribution in [-0.2, 0) is 11.3 Å². The molecule has 4 aliphatic carbocycles. The smallest absolute Gasteiger partial charge is 0.231 e. The van der Waals surface area contributed by atoms with Crippen LogP contribution in [0.25, 0.3) is 0 Å². The molecule has 4 fully saturated rings. The average Bonchev–Trinajstić information content (AvgIpc) is 3.01. The Kier molecular flexibility index (Phi) is 4.17. The number of amides is 1. The lowest BCUT2D eigenvalue weighted by atomic mass is 9.49. The molecule has 142 valence electrons. The Labute approximate surface area is 172 Å². The molecule has 1 heterocycles. The van der Waals surface area contributed by atoms with Crippen LogP contribution in [0.5, 0.6) is 0 Å². The number of nitrogens with zero attached hydrogens (tertiary/aromatic N) is 2. The van der Waals surface area contributed by atoms with Crippen LogP contribution >= 0.6 is 27.5 Å². The van der Waals surface area contributed by atoms with E-state index < -0.39 is 0 Å². The number of carbonyl (C=O) groups is 1. The van der Waals surface area contributed by atoms with Crippen molar-refractivity contribution in [1.29, 1.82) is 0 Å². The van der Waals surface area contributed by atoms with Crippen LogP contribution in [0.2, 0.25) is 0 Å². The Hall–Kier alpha value is -1.33. The third-order valence-electron chi connectivity index (χ3n) is 6.68. The van der Waals surface area contributed by atoms with Gasteiger partial charge in [-0.25, -0.2) is 4.68 Å². The van der Waals surface area contributed by atoms with E-state index in [1.54, 1.807) is 6.20 Å². The number of carbonyl (C=O) groups excluding carboxylic acids is 1. The number of rotatable bonds is 4. The summed E-state index contributed by atoms with van der Waals surface area (Å²) in [5, 5.41) is 7.60. The van der Waals surface area contributed by atoms with Crippen molar-refractivity contribution >= 4 is 39.3 Å². The fraction of sp³-hybridized carbons (Fsp3) is 0.524. The molecule has 0 unspecified atom stereocenters. The fourth-order valence-electron chi connectivity index (χ4n) is 5.99. The molecular formula is C21H23BrClN3O. The molecule has 4 saturated carbocycles. The molecule has 1 aromatic carbocycles. The van der Waals surface area contributed by atoms with Gasteiger partial charge >= 0.3 is 0 Å². The quantitative estimate of drug-likeness (QED) is 0.653. The molecule has 0 saturated heterocycles. The minimum absolute atomic E-state index is 0.138. The molecule has 0 aliphatic heterocycles. The summed E-state index contributed by atoms with van der Waals surface area (Å²) in [6.07, 6.45) is 7.97. The van der Waals surface area contributed by atoms with Gasteiger partial charge < -0.3 is 5.32 Å². The third-order valence-corrected chi connectivity index (χ3v) is 7.65. The zero-order chi connectivity index (χ0) is 18.6. The van der Waals surface area contributed by atoms with Crippen molar-refractivity contribution < 1.29 is 4.79 Å². The van der Waals surface area contributed by atoms with Gasteiger partial charge in [-0.3, -0.25) is 4.79 Å². The van der Waals surface area contributed by atoms with Crippen LogP contribution in [0.1, 0.15) is 44.1 Å². The second kappa shape index (κ2) is 6.35. The van der Waals surface area contributed by atoms with Gasteiger partial charge in [0.25, 0.3) is 0 Å². The predicted molar refractivity (Wildman–Crippen MR) is 110 cm³/mol. The summed E-state index contributed by atoms with van der Waals surface area (Å²) >= 11 is 10.4. The lowest BCUT2D eigenvalue weighted by Gasteiger charge is -2.59. The molecule has 0 radical (unpaired) electrons. The van der Waals surface area contributed by atoms with E-state index in [0.29, 0.717) is 18.4 Å². The highest BCUT2D eigenvalue weighted by molar-refractivity contribution is 9.10. The lowest BCUT2D eigenvalue weighted by Crippen LogP contribution is -2.57. The summed E-state index contributed by atoms with van der Waals surface area (Å²) in [5.41, 5.74) is 0.852. The van der Waals surface area contributed by atoms with Crippen molar-refractivity contribution in [3.8, 4) is 0 Å². The van der Waals surface area contributed by atoms with Gasteiger partial charge in [0.1, 0.15) is 5.82 Å². The molecule has 1 amide bonds. The molecule has 2 aromatic rings. The van der Waals surface area contributed by atoms with Gasteiger partial charge in [0.05, 0.1) is 18.2 Å². The normalized spacial score (nSPS) is 34.0. The van der Waals surface area contributed by atoms with E-state index in [2.05, 4.69) is 38.5 Å².